The summed E-state index contributed by atoms with van der Waals surface area (Å²) in [6.07, 6.45) is 5.30. The highest BCUT2D eigenvalue weighted by atomic mass is 32.2. The van der Waals surface area contributed by atoms with Crippen molar-refractivity contribution in [3.05, 3.63) is 53.4 Å². The minimum Gasteiger partial charge on any atom is -0.455 e. The van der Waals surface area contributed by atoms with Crippen LogP contribution in [0.2, 0.25) is 0 Å². The molecule has 4 rings (SSSR count). The predicted octanol–water partition coefficient (Wildman–Crippen LogP) is 2.89. The van der Waals surface area contributed by atoms with E-state index in [0.717, 1.165) is 10.7 Å². The van der Waals surface area contributed by atoms with E-state index in [9.17, 15) is 4.79 Å². The molecule has 0 aromatic carbocycles. The number of aromatic nitrogens is 5. The summed E-state index contributed by atoms with van der Waals surface area (Å²) < 4.78 is 7.54. The molecule has 4 heterocycles. The highest BCUT2D eigenvalue weighted by molar-refractivity contribution is 7.98. The molecule has 0 aliphatic rings. The fourth-order valence-corrected chi connectivity index (χ4v) is 3.66. The Kier molecular flexibility index (Phi) is 4.28. The fourth-order valence-electron chi connectivity index (χ4n) is 2.28. The van der Waals surface area contributed by atoms with Crippen molar-refractivity contribution in [3.8, 4) is 0 Å². The Morgan fingerprint density at radius 1 is 1.52 bits per heavy atom. The number of rotatable bonds is 6. The third kappa shape index (κ3) is 3.44. The molecule has 1 atom stereocenters. The van der Waals surface area contributed by atoms with Crippen molar-refractivity contribution in [1.29, 1.82) is 0 Å². The van der Waals surface area contributed by atoms with Gasteiger partial charge < -0.3 is 9.73 Å². The van der Waals surface area contributed by atoms with Crippen LogP contribution in [0.5, 0.6) is 0 Å². The number of carbonyl (C=O) groups is 1. The van der Waals surface area contributed by atoms with Gasteiger partial charge in [-0.2, -0.15) is 5.10 Å². The van der Waals surface area contributed by atoms with Crippen molar-refractivity contribution in [1.82, 2.24) is 29.9 Å². The van der Waals surface area contributed by atoms with Crippen LogP contribution in [0.15, 0.2) is 45.8 Å². The summed E-state index contributed by atoms with van der Waals surface area (Å²) >= 11 is 3.01. The van der Waals surface area contributed by atoms with E-state index < -0.39 is 0 Å². The van der Waals surface area contributed by atoms with E-state index >= 15 is 0 Å². The third-order valence-electron chi connectivity index (χ3n) is 3.53. The van der Waals surface area contributed by atoms with Crippen molar-refractivity contribution in [3.63, 3.8) is 0 Å². The molecule has 1 amide bonds. The van der Waals surface area contributed by atoms with E-state index in [1.54, 1.807) is 23.5 Å². The van der Waals surface area contributed by atoms with Crippen LogP contribution < -0.4 is 5.32 Å². The number of furan rings is 1. The van der Waals surface area contributed by atoms with E-state index in [1.165, 1.54) is 18.1 Å². The second-order valence-electron chi connectivity index (χ2n) is 5.30. The van der Waals surface area contributed by atoms with Crippen molar-refractivity contribution in [2.75, 3.05) is 0 Å². The van der Waals surface area contributed by atoms with Gasteiger partial charge in [0, 0.05) is 17.8 Å². The summed E-state index contributed by atoms with van der Waals surface area (Å²) in [5.74, 6) is 1.28. The molecule has 25 heavy (non-hydrogen) atoms. The van der Waals surface area contributed by atoms with Crippen LogP contribution in [0.4, 0.5) is 0 Å². The summed E-state index contributed by atoms with van der Waals surface area (Å²) in [6.45, 7) is 1.90. The molecule has 0 saturated heterocycles. The van der Waals surface area contributed by atoms with Gasteiger partial charge in [0.15, 0.2) is 15.9 Å². The number of H-pyrrole nitrogens is 1. The first-order chi connectivity index (χ1) is 12.2. The van der Waals surface area contributed by atoms with Crippen LogP contribution in [0.1, 0.15) is 35.0 Å². The normalized spacial score (nSPS) is 12.5. The number of thioether (sulfide) groups is 1. The molecule has 128 valence electrons. The van der Waals surface area contributed by atoms with E-state index in [2.05, 4.69) is 25.5 Å². The Labute approximate surface area is 150 Å². The topological polar surface area (TPSA) is 101 Å². The van der Waals surface area contributed by atoms with Gasteiger partial charge in [-0.15, -0.1) is 11.3 Å². The van der Waals surface area contributed by atoms with Gasteiger partial charge in [-0.3, -0.25) is 14.3 Å². The lowest BCUT2D eigenvalue weighted by Gasteiger charge is -2.09. The average Bonchev–Trinajstić information content (AvgIpc) is 3.35. The molecular weight excluding hydrogens is 360 g/mol. The van der Waals surface area contributed by atoms with Crippen LogP contribution in [-0.4, -0.2) is 30.5 Å². The van der Waals surface area contributed by atoms with E-state index in [-0.39, 0.29) is 17.7 Å². The van der Waals surface area contributed by atoms with Crippen LogP contribution in [0.3, 0.4) is 0 Å². The van der Waals surface area contributed by atoms with Gasteiger partial charge >= 0.3 is 0 Å². The van der Waals surface area contributed by atoms with Gasteiger partial charge in [-0.1, -0.05) is 11.8 Å². The molecular formula is C15H14N6O2S2. The Hall–Kier alpha value is -2.59. The molecule has 4 aromatic rings. The fraction of sp³-hybridized carbons (Fsp3) is 0.200. The minimum absolute atomic E-state index is 0.211. The standard InChI is InChI=1S/C15H14N6O2S2/c1-9(11-6-21-4-5-24-15(21)19-11)18-13(22)12-3-2-10(23-12)7-25-14-16-8-17-20-14/h2-6,8-9H,7H2,1H3,(H,18,22)(H,16,17,20). The number of hydrogen-bond acceptors (Lipinski definition) is 7. The molecule has 0 fully saturated rings. The molecule has 2 N–H and O–H groups in total. The zero-order valence-corrected chi connectivity index (χ0v) is 14.8. The molecule has 0 radical (unpaired) electrons. The maximum absolute atomic E-state index is 12.4. The Bertz CT molecular complexity index is 958. The van der Waals surface area contributed by atoms with Gasteiger partial charge in [0.25, 0.3) is 5.91 Å². The summed E-state index contributed by atoms with van der Waals surface area (Å²) in [6, 6.07) is 3.25. The maximum Gasteiger partial charge on any atom is 0.287 e. The number of amides is 1. The van der Waals surface area contributed by atoms with Crippen LogP contribution >= 0.6 is 23.1 Å². The number of nitrogens with one attached hydrogen (secondary N) is 2. The number of imidazole rings is 1. The number of aromatic amines is 1. The molecule has 0 saturated carbocycles. The zero-order valence-electron chi connectivity index (χ0n) is 13.2. The first-order valence-corrected chi connectivity index (χ1v) is 9.35. The monoisotopic (exact) mass is 374 g/mol. The molecule has 0 aliphatic carbocycles. The van der Waals surface area contributed by atoms with Crippen molar-refractivity contribution < 1.29 is 9.21 Å². The highest BCUT2D eigenvalue weighted by Crippen LogP contribution is 2.21. The first-order valence-electron chi connectivity index (χ1n) is 7.49. The zero-order chi connectivity index (χ0) is 17.2. The van der Waals surface area contributed by atoms with E-state index in [0.29, 0.717) is 16.7 Å². The van der Waals surface area contributed by atoms with Gasteiger partial charge in [-0.05, 0) is 19.1 Å². The minimum atomic E-state index is -0.264. The quantitative estimate of drug-likeness (QED) is 0.503. The van der Waals surface area contributed by atoms with Crippen LogP contribution in [0, 0.1) is 0 Å². The van der Waals surface area contributed by atoms with Crippen molar-refractivity contribution >= 4 is 34.0 Å². The third-order valence-corrected chi connectivity index (χ3v) is 5.20. The summed E-state index contributed by atoms with van der Waals surface area (Å²) in [5.41, 5.74) is 0.813. The van der Waals surface area contributed by atoms with E-state index in [1.807, 2.05) is 29.1 Å². The highest BCUT2D eigenvalue weighted by Gasteiger charge is 2.17. The lowest BCUT2D eigenvalue weighted by molar-refractivity contribution is 0.0910. The van der Waals surface area contributed by atoms with E-state index in [4.69, 9.17) is 4.42 Å². The van der Waals surface area contributed by atoms with Gasteiger partial charge in [0.2, 0.25) is 0 Å². The second-order valence-corrected chi connectivity index (χ2v) is 7.14. The Morgan fingerprint density at radius 3 is 3.24 bits per heavy atom. The maximum atomic E-state index is 12.4. The first kappa shape index (κ1) is 15.9. The number of carbonyl (C=O) groups excluding carboxylic acids is 1. The Balaban J connectivity index is 1.38. The predicted molar refractivity (Wildman–Crippen MR) is 93.6 cm³/mol. The lowest BCUT2D eigenvalue weighted by atomic mass is 10.2. The number of nitrogens with zero attached hydrogens (tertiary/aromatic N) is 4. The molecule has 8 nitrogen and oxygen atoms in total. The second kappa shape index (κ2) is 6.73. The number of thiazole rings is 1. The average molecular weight is 374 g/mol. The van der Waals surface area contributed by atoms with Gasteiger partial charge in [0.1, 0.15) is 12.1 Å². The van der Waals surface area contributed by atoms with Crippen LogP contribution in [-0.2, 0) is 5.75 Å². The summed E-state index contributed by atoms with van der Waals surface area (Å²) in [5, 5.41) is 12.1. The molecule has 4 aromatic heterocycles. The smallest absolute Gasteiger partial charge is 0.287 e. The molecule has 10 heteroatoms. The van der Waals surface area contributed by atoms with Crippen molar-refractivity contribution in [2.24, 2.45) is 0 Å². The lowest BCUT2D eigenvalue weighted by Crippen LogP contribution is -2.26. The summed E-state index contributed by atoms with van der Waals surface area (Å²) in [7, 11) is 0. The van der Waals surface area contributed by atoms with Gasteiger partial charge in [0.05, 0.1) is 17.5 Å². The van der Waals surface area contributed by atoms with Crippen LogP contribution in [0.25, 0.3) is 4.96 Å². The SMILES string of the molecule is CC(NC(=O)c1ccc(CSc2ncn[nH]2)o1)c1cn2ccsc2n1. The molecule has 1 unspecified atom stereocenters. The molecule has 0 bridgehead atoms. The number of fused-ring (bicyclic) bond motifs is 1. The summed E-state index contributed by atoms with van der Waals surface area (Å²) in [4.78, 5) is 21.8. The number of hydrogen-bond donors (Lipinski definition) is 2. The Morgan fingerprint density at radius 2 is 2.44 bits per heavy atom. The van der Waals surface area contributed by atoms with Crippen molar-refractivity contribution in [2.45, 2.75) is 23.9 Å². The largest absolute Gasteiger partial charge is 0.455 e. The van der Waals surface area contributed by atoms with Gasteiger partial charge in [-0.25, -0.2) is 9.97 Å². The molecule has 0 spiro atoms. The molecule has 0 aliphatic heterocycles.